The molecule has 0 aliphatic carbocycles. The second-order valence-corrected chi connectivity index (χ2v) is 6.16. The number of para-hydroxylation sites is 1. The van der Waals surface area contributed by atoms with Crippen LogP contribution in [0.25, 0.3) is 0 Å². The highest BCUT2D eigenvalue weighted by molar-refractivity contribution is 6.00. The van der Waals surface area contributed by atoms with Crippen LogP contribution in [-0.4, -0.2) is 67.0 Å². The Hall–Kier alpha value is -2.08. The molecule has 6 nitrogen and oxygen atoms in total. The molecule has 2 saturated heterocycles. The molecule has 0 aromatic heterocycles. The first-order valence-electron chi connectivity index (χ1n) is 8.74. The molecule has 1 atom stereocenters. The molecular formula is C18H25N3O3. The van der Waals surface area contributed by atoms with E-state index in [4.69, 9.17) is 4.74 Å². The highest BCUT2D eigenvalue weighted by Crippen LogP contribution is 2.26. The third-order valence-corrected chi connectivity index (χ3v) is 4.64. The molecule has 0 radical (unpaired) electrons. The van der Waals surface area contributed by atoms with E-state index in [1.54, 1.807) is 17.0 Å². The highest BCUT2D eigenvalue weighted by atomic mass is 16.5. The summed E-state index contributed by atoms with van der Waals surface area (Å²) in [5.41, 5.74) is 0.541. The van der Waals surface area contributed by atoms with Gasteiger partial charge < -0.3 is 19.9 Å². The van der Waals surface area contributed by atoms with Gasteiger partial charge in [0.1, 0.15) is 11.8 Å². The van der Waals surface area contributed by atoms with E-state index in [0.717, 1.165) is 25.9 Å². The lowest BCUT2D eigenvalue weighted by atomic mass is 10.1. The quantitative estimate of drug-likeness (QED) is 0.898. The summed E-state index contributed by atoms with van der Waals surface area (Å²) in [7, 11) is 0. The van der Waals surface area contributed by atoms with Crippen molar-refractivity contribution in [2.75, 3.05) is 39.3 Å². The van der Waals surface area contributed by atoms with Crippen molar-refractivity contribution in [2.24, 2.45) is 0 Å². The molecule has 2 heterocycles. The largest absolute Gasteiger partial charge is 0.493 e. The van der Waals surface area contributed by atoms with Gasteiger partial charge >= 0.3 is 0 Å². The zero-order valence-electron chi connectivity index (χ0n) is 14.2. The van der Waals surface area contributed by atoms with Crippen molar-refractivity contribution in [3.8, 4) is 5.75 Å². The third-order valence-electron chi connectivity index (χ3n) is 4.64. The van der Waals surface area contributed by atoms with Crippen LogP contribution in [0, 0.1) is 0 Å². The van der Waals surface area contributed by atoms with Crippen LogP contribution in [0.3, 0.4) is 0 Å². The molecule has 2 aliphatic heterocycles. The van der Waals surface area contributed by atoms with Crippen molar-refractivity contribution >= 4 is 11.8 Å². The summed E-state index contributed by atoms with van der Waals surface area (Å²) in [5, 5.41) is 3.25. The number of hydrogen-bond donors (Lipinski definition) is 1. The number of benzene rings is 1. The van der Waals surface area contributed by atoms with Gasteiger partial charge in [-0.15, -0.1) is 0 Å². The van der Waals surface area contributed by atoms with Gasteiger partial charge in [-0.1, -0.05) is 12.1 Å². The van der Waals surface area contributed by atoms with Crippen LogP contribution in [0.5, 0.6) is 5.75 Å². The van der Waals surface area contributed by atoms with Crippen molar-refractivity contribution in [3.63, 3.8) is 0 Å². The fourth-order valence-electron chi connectivity index (χ4n) is 3.44. The Morgan fingerprint density at radius 2 is 1.96 bits per heavy atom. The van der Waals surface area contributed by atoms with Crippen molar-refractivity contribution in [1.82, 2.24) is 15.1 Å². The van der Waals surface area contributed by atoms with Gasteiger partial charge in [0.15, 0.2) is 0 Å². The molecule has 1 aromatic rings. The van der Waals surface area contributed by atoms with Crippen LogP contribution >= 0.6 is 0 Å². The van der Waals surface area contributed by atoms with Gasteiger partial charge in [-0.05, 0) is 31.9 Å². The summed E-state index contributed by atoms with van der Waals surface area (Å²) < 4.78 is 5.58. The van der Waals surface area contributed by atoms with Crippen molar-refractivity contribution in [2.45, 2.75) is 25.8 Å². The first kappa shape index (κ1) is 16.8. The Bertz CT molecular complexity index is 599. The molecule has 24 heavy (non-hydrogen) atoms. The van der Waals surface area contributed by atoms with E-state index in [1.165, 1.54) is 0 Å². The highest BCUT2D eigenvalue weighted by Gasteiger charge is 2.37. The number of carbonyl (C=O) groups excluding carboxylic acids is 2. The fourth-order valence-corrected chi connectivity index (χ4v) is 3.44. The molecule has 2 aliphatic rings. The average molecular weight is 331 g/mol. The zero-order valence-corrected chi connectivity index (χ0v) is 14.2. The topological polar surface area (TPSA) is 61.9 Å². The van der Waals surface area contributed by atoms with Crippen LogP contribution in [0.2, 0.25) is 0 Å². The molecule has 6 heteroatoms. The van der Waals surface area contributed by atoms with Gasteiger partial charge in [0, 0.05) is 32.7 Å². The molecule has 3 rings (SSSR count). The lowest BCUT2D eigenvalue weighted by Crippen LogP contribution is -2.53. The Kier molecular flexibility index (Phi) is 5.35. The molecular weight excluding hydrogens is 306 g/mol. The maximum atomic E-state index is 13.0. The van der Waals surface area contributed by atoms with Crippen LogP contribution in [-0.2, 0) is 4.79 Å². The number of rotatable bonds is 4. The predicted octanol–water partition coefficient (Wildman–Crippen LogP) is 1.12. The Balaban J connectivity index is 1.77. The second kappa shape index (κ2) is 7.66. The third kappa shape index (κ3) is 3.38. The van der Waals surface area contributed by atoms with Crippen LogP contribution in [0.15, 0.2) is 24.3 Å². The standard InChI is InChI=1S/C18H25N3O3/c1-2-24-16-8-4-3-6-14(16)17(22)21-11-5-7-15(21)18(23)20-12-9-19-10-13-20/h3-4,6,8,15,19H,2,5,7,9-13H2,1H3. The van der Waals surface area contributed by atoms with Gasteiger partial charge in [0.25, 0.3) is 5.91 Å². The van der Waals surface area contributed by atoms with Gasteiger partial charge in [0.05, 0.1) is 12.2 Å². The van der Waals surface area contributed by atoms with Gasteiger partial charge in [0.2, 0.25) is 5.91 Å². The van der Waals surface area contributed by atoms with Crippen molar-refractivity contribution in [1.29, 1.82) is 0 Å². The molecule has 1 aromatic carbocycles. The van der Waals surface area contributed by atoms with Crippen molar-refractivity contribution < 1.29 is 14.3 Å². The SMILES string of the molecule is CCOc1ccccc1C(=O)N1CCCC1C(=O)N1CCNCC1. The number of nitrogens with one attached hydrogen (secondary N) is 1. The lowest BCUT2D eigenvalue weighted by molar-refractivity contribution is -0.135. The molecule has 0 saturated carbocycles. The minimum Gasteiger partial charge on any atom is -0.493 e. The molecule has 0 bridgehead atoms. The second-order valence-electron chi connectivity index (χ2n) is 6.16. The van der Waals surface area contributed by atoms with Gasteiger partial charge in [-0.25, -0.2) is 0 Å². The lowest BCUT2D eigenvalue weighted by Gasteiger charge is -2.33. The summed E-state index contributed by atoms with van der Waals surface area (Å²) in [4.78, 5) is 29.4. The summed E-state index contributed by atoms with van der Waals surface area (Å²) in [6.45, 7) is 6.10. The summed E-state index contributed by atoms with van der Waals surface area (Å²) in [5.74, 6) is 0.562. The molecule has 1 N–H and O–H groups in total. The molecule has 2 amide bonds. The predicted molar refractivity (Wildman–Crippen MR) is 91.1 cm³/mol. The maximum Gasteiger partial charge on any atom is 0.258 e. The average Bonchev–Trinajstić information content (AvgIpc) is 3.12. The van der Waals surface area contributed by atoms with E-state index >= 15 is 0 Å². The number of nitrogens with zero attached hydrogens (tertiary/aromatic N) is 2. The van der Waals surface area contributed by atoms with Crippen molar-refractivity contribution in [3.05, 3.63) is 29.8 Å². The zero-order chi connectivity index (χ0) is 16.9. The summed E-state index contributed by atoms with van der Waals surface area (Å²) in [6, 6.07) is 6.93. The molecule has 0 spiro atoms. The monoisotopic (exact) mass is 331 g/mol. The normalized spacial score (nSPS) is 21.0. The molecule has 1 unspecified atom stereocenters. The number of ether oxygens (including phenoxy) is 1. The first-order valence-corrected chi connectivity index (χ1v) is 8.74. The van der Waals surface area contributed by atoms with Gasteiger partial charge in [-0.2, -0.15) is 0 Å². The van der Waals surface area contributed by atoms with E-state index in [0.29, 0.717) is 37.6 Å². The fraction of sp³-hybridized carbons (Fsp3) is 0.556. The van der Waals surface area contributed by atoms with E-state index < -0.39 is 0 Å². The number of hydrogen-bond acceptors (Lipinski definition) is 4. The van der Waals surface area contributed by atoms with E-state index in [-0.39, 0.29) is 17.9 Å². The summed E-state index contributed by atoms with van der Waals surface area (Å²) in [6.07, 6.45) is 1.61. The smallest absolute Gasteiger partial charge is 0.258 e. The number of amides is 2. The van der Waals surface area contributed by atoms with Crippen LogP contribution in [0.4, 0.5) is 0 Å². The number of carbonyl (C=O) groups is 2. The van der Waals surface area contributed by atoms with Crippen LogP contribution < -0.4 is 10.1 Å². The maximum absolute atomic E-state index is 13.0. The van der Waals surface area contributed by atoms with E-state index in [9.17, 15) is 9.59 Å². The number of piperazine rings is 1. The van der Waals surface area contributed by atoms with Gasteiger partial charge in [-0.3, -0.25) is 9.59 Å². The Morgan fingerprint density at radius 3 is 2.71 bits per heavy atom. The van der Waals surface area contributed by atoms with E-state index in [1.807, 2.05) is 24.0 Å². The Morgan fingerprint density at radius 1 is 1.21 bits per heavy atom. The van der Waals surface area contributed by atoms with Crippen LogP contribution in [0.1, 0.15) is 30.1 Å². The minimum absolute atomic E-state index is 0.0799. The Labute approximate surface area is 142 Å². The molecule has 130 valence electrons. The number of likely N-dealkylation sites (tertiary alicyclic amines) is 1. The minimum atomic E-state index is -0.342. The summed E-state index contributed by atoms with van der Waals surface area (Å²) >= 11 is 0. The molecule has 2 fully saturated rings. The first-order chi connectivity index (χ1) is 11.7. The van der Waals surface area contributed by atoms with E-state index in [2.05, 4.69) is 5.32 Å².